The smallest absolute Gasteiger partial charge is 0.266 e. The molecule has 3 aromatic rings. The second kappa shape index (κ2) is 11.3. The number of carbonyl (C=O) groups excluding carboxylic acids is 1. The second-order valence-corrected chi connectivity index (χ2v) is 10.4. The van der Waals surface area contributed by atoms with Crippen LogP contribution in [0.2, 0.25) is 0 Å². The third-order valence-corrected chi connectivity index (χ3v) is 6.73. The van der Waals surface area contributed by atoms with Crippen LogP contribution in [0.5, 0.6) is 5.75 Å². The molecule has 32 heavy (non-hydrogen) atoms. The molecule has 0 heterocycles. The Morgan fingerprint density at radius 2 is 1.84 bits per heavy atom. The molecule has 0 saturated carbocycles. The highest BCUT2D eigenvalue weighted by Crippen LogP contribution is 2.33. The fraction of sp³-hybridized carbons (Fsp3) is 0.120. The van der Waals surface area contributed by atoms with Gasteiger partial charge in [-0.05, 0) is 128 Å². The molecule has 0 aromatic heterocycles. The van der Waals surface area contributed by atoms with Gasteiger partial charge < -0.3 is 10.1 Å². The lowest BCUT2D eigenvalue weighted by Crippen LogP contribution is -2.14. The minimum Gasteiger partial charge on any atom is -0.487 e. The highest BCUT2D eigenvalue weighted by Gasteiger charge is 2.13. The van der Waals surface area contributed by atoms with Crippen molar-refractivity contribution in [2.45, 2.75) is 20.5 Å². The molecular weight excluding hydrogens is 694 g/mol. The first-order valence-electron chi connectivity index (χ1n) is 9.63. The molecule has 162 valence electrons. The van der Waals surface area contributed by atoms with Crippen molar-refractivity contribution in [2.24, 2.45) is 0 Å². The van der Waals surface area contributed by atoms with Crippen LogP contribution in [0.25, 0.3) is 6.08 Å². The largest absolute Gasteiger partial charge is 0.487 e. The molecule has 1 amide bonds. The summed E-state index contributed by atoms with van der Waals surface area (Å²) in [5, 5.41) is 12.4. The number of hydrogen-bond acceptors (Lipinski definition) is 3. The van der Waals surface area contributed by atoms with Gasteiger partial charge in [-0.2, -0.15) is 5.26 Å². The average molecular weight is 713 g/mol. The van der Waals surface area contributed by atoms with Gasteiger partial charge in [0, 0.05) is 9.26 Å². The van der Waals surface area contributed by atoms with E-state index in [0.29, 0.717) is 12.3 Å². The Morgan fingerprint density at radius 1 is 1.12 bits per heavy atom. The van der Waals surface area contributed by atoms with Gasteiger partial charge in [0.05, 0.1) is 8.04 Å². The van der Waals surface area contributed by atoms with Crippen molar-refractivity contribution in [3.8, 4) is 11.8 Å². The highest BCUT2D eigenvalue weighted by molar-refractivity contribution is 14.1. The molecule has 0 aliphatic heterocycles. The molecule has 0 aliphatic rings. The number of nitriles is 1. The predicted molar refractivity (Wildman–Crippen MR) is 148 cm³/mol. The summed E-state index contributed by atoms with van der Waals surface area (Å²) in [5.41, 5.74) is 4.59. The van der Waals surface area contributed by atoms with Crippen molar-refractivity contribution in [3.63, 3.8) is 0 Å². The lowest BCUT2D eigenvalue weighted by Gasteiger charge is -2.12. The van der Waals surface area contributed by atoms with E-state index in [1.54, 1.807) is 6.08 Å². The van der Waals surface area contributed by atoms with E-state index in [2.05, 4.69) is 66.4 Å². The second-order valence-electron chi connectivity index (χ2n) is 7.17. The lowest BCUT2D eigenvalue weighted by atomic mass is 10.1. The third kappa shape index (κ3) is 6.56. The van der Waals surface area contributed by atoms with Crippen LogP contribution in [0.4, 0.5) is 5.69 Å². The zero-order valence-electron chi connectivity index (χ0n) is 17.4. The molecule has 0 unspecified atom stereocenters. The van der Waals surface area contributed by atoms with Crippen molar-refractivity contribution < 1.29 is 9.53 Å². The van der Waals surface area contributed by atoms with E-state index in [4.69, 9.17) is 4.74 Å². The number of carbonyl (C=O) groups is 1. The fourth-order valence-electron chi connectivity index (χ4n) is 3.00. The average Bonchev–Trinajstić information content (AvgIpc) is 2.74. The quantitative estimate of drug-likeness (QED) is 0.165. The van der Waals surface area contributed by atoms with Crippen LogP contribution >= 0.6 is 61.1 Å². The summed E-state index contributed by atoms with van der Waals surface area (Å²) in [7, 11) is 0. The molecule has 0 saturated heterocycles. The predicted octanol–water partition coefficient (Wildman–Crippen LogP) is 7.40. The summed E-state index contributed by atoms with van der Waals surface area (Å²) in [4.78, 5) is 12.7. The molecule has 0 bridgehead atoms. The molecule has 0 aliphatic carbocycles. The van der Waals surface area contributed by atoms with Crippen molar-refractivity contribution in [3.05, 3.63) is 94.0 Å². The van der Waals surface area contributed by atoms with Crippen molar-refractivity contribution in [1.82, 2.24) is 0 Å². The van der Waals surface area contributed by atoms with Crippen LogP contribution in [0.15, 0.2) is 64.6 Å². The number of amides is 1. The van der Waals surface area contributed by atoms with E-state index in [0.717, 1.165) is 36.0 Å². The van der Waals surface area contributed by atoms with E-state index < -0.39 is 5.91 Å². The first-order valence-corrected chi connectivity index (χ1v) is 12.6. The van der Waals surface area contributed by atoms with E-state index in [1.807, 2.05) is 74.5 Å². The summed E-state index contributed by atoms with van der Waals surface area (Å²) >= 11 is 8.02. The zero-order chi connectivity index (χ0) is 23.3. The topological polar surface area (TPSA) is 62.1 Å². The highest BCUT2D eigenvalue weighted by atomic mass is 127. The Morgan fingerprint density at radius 3 is 2.47 bits per heavy atom. The summed E-state index contributed by atoms with van der Waals surface area (Å²) in [6.45, 7) is 4.36. The number of anilines is 1. The van der Waals surface area contributed by atoms with Crippen LogP contribution in [0.1, 0.15) is 22.3 Å². The van der Waals surface area contributed by atoms with Gasteiger partial charge in [0.1, 0.15) is 24.0 Å². The molecule has 7 heteroatoms. The Bertz CT molecular complexity index is 1210. The Labute approximate surface area is 223 Å². The summed E-state index contributed by atoms with van der Waals surface area (Å²) in [6.07, 6.45) is 1.58. The molecule has 0 radical (unpaired) electrons. The van der Waals surface area contributed by atoms with E-state index >= 15 is 0 Å². The SMILES string of the molecule is Cc1ccc(NC(=O)/C(C#N)=C/c2cc(Br)c(OCc3ccc(I)cc3)c(I)c2)c(C)c1. The Balaban J connectivity index is 1.77. The van der Waals surface area contributed by atoms with Gasteiger partial charge in [0.25, 0.3) is 5.91 Å². The standard InChI is InChI=1S/C25H19BrI2N2O2/c1-15-3-8-23(16(2)9-15)30-25(31)19(13-29)10-18-11-21(26)24(22(28)12-18)32-14-17-4-6-20(27)7-5-17/h3-12H,14H2,1-2H3,(H,30,31)/b19-10+. The van der Waals surface area contributed by atoms with Gasteiger partial charge in [0.2, 0.25) is 0 Å². The van der Waals surface area contributed by atoms with Crippen LogP contribution in [-0.4, -0.2) is 5.91 Å². The number of hydrogen-bond donors (Lipinski definition) is 1. The maximum Gasteiger partial charge on any atom is 0.266 e. The zero-order valence-corrected chi connectivity index (χ0v) is 23.3. The van der Waals surface area contributed by atoms with Crippen LogP contribution < -0.4 is 10.1 Å². The molecule has 0 fully saturated rings. The maximum absolute atomic E-state index is 12.7. The first kappa shape index (κ1) is 24.7. The summed E-state index contributed by atoms with van der Waals surface area (Å²) in [6, 6.07) is 19.6. The number of rotatable bonds is 6. The van der Waals surface area contributed by atoms with Crippen molar-refractivity contribution >= 4 is 78.8 Å². The number of nitrogens with zero attached hydrogens (tertiary/aromatic N) is 1. The number of nitrogens with one attached hydrogen (secondary N) is 1. The van der Waals surface area contributed by atoms with Crippen molar-refractivity contribution in [2.75, 3.05) is 5.32 Å². The number of halogens is 3. The van der Waals surface area contributed by atoms with Crippen LogP contribution in [0.3, 0.4) is 0 Å². The molecule has 3 rings (SSSR count). The molecule has 1 N–H and O–H groups in total. The minimum absolute atomic E-state index is 0.0280. The van der Waals surface area contributed by atoms with Crippen LogP contribution in [-0.2, 0) is 11.4 Å². The number of benzene rings is 3. The number of ether oxygens (including phenoxy) is 1. The van der Waals surface area contributed by atoms with Gasteiger partial charge in [0.15, 0.2) is 0 Å². The van der Waals surface area contributed by atoms with Gasteiger partial charge in [-0.3, -0.25) is 4.79 Å². The maximum atomic E-state index is 12.7. The summed E-state index contributed by atoms with van der Waals surface area (Å²) in [5.74, 6) is 0.282. The van der Waals surface area contributed by atoms with Gasteiger partial charge in [-0.25, -0.2) is 0 Å². The summed E-state index contributed by atoms with van der Waals surface area (Å²) < 4.78 is 8.81. The van der Waals surface area contributed by atoms with E-state index in [9.17, 15) is 10.1 Å². The molecule has 3 aromatic carbocycles. The fourth-order valence-corrected chi connectivity index (χ4v) is 5.12. The third-order valence-electron chi connectivity index (χ3n) is 4.62. The lowest BCUT2D eigenvalue weighted by molar-refractivity contribution is -0.112. The van der Waals surface area contributed by atoms with Gasteiger partial charge >= 0.3 is 0 Å². The van der Waals surface area contributed by atoms with Crippen molar-refractivity contribution in [1.29, 1.82) is 5.26 Å². The van der Waals surface area contributed by atoms with Gasteiger partial charge in [-0.15, -0.1) is 0 Å². The molecular formula is C25H19BrI2N2O2. The van der Waals surface area contributed by atoms with E-state index in [1.165, 1.54) is 3.57 Å². The Hall–Kier alpha value is -1.90. The van der Waals surface area contributed by atoms with Gasteiger partial charge in [-0.1, -0.05) is 29.8 Å². The van der Waals surface area contributed by atoms with E-state index in [-0.39, 0.29) is 5.57 Å². The minimum atomic E-state index is -0.440. The monoisotopic (exact) mass is 712 g/mol. The molecule has 4 nitrogen and oxygen atoms in total. The Kier molecular flexibility index (Phi) is 8.73. The normalized spacial score (nSPS) is 11.1. The molecule has 0 spiro atoms. The number of aryl methyl sites for hydroxylation is 2. The molecule has 0 atom stereocenters. The first-order chi connectivity index (χ1) is 15.3. The van der Waals surface area contributed by atoms with Crippen LogP contribution in [0, 0.1) is 32.3 Å².